The van der Waals surface area contributed by atoms with E-state index in [0.717, 1.165) is 60.3 Å². The molecule has 9 aliphatic heterocycles. The van der Waals surface area contributed by atoms with Crippen LogP contribution in [0.3, 0.4) is 0 Å². The third-order valence-corrected chi connectivity index (χ3v) is 23.1. The Balaban J connectivity index is 0.000000123. The van der Waals surface area contributed by atoms with Crippen LogP contribution in [0.15, 0.2) is 261 Å². The Bertz CT molecular complexity index is 7460. The lowest BCUT2D eigenvalue weighted by Crippen LogP contribution is -2.17. The molecule has 700 valence electrons. The van der Waals surface area contributed by atoms with Gasteiger partial charge in [0.05, 0.1) is 77.1 Å². The van der Waals surface area contributed by atoms with Gasteiger partial charge >= 0.3 is 59.7 Å². The van der Waals surface area contributed by atoms with Gasteiger partial charge in [0.1, 0.15) is 94.6 Å². The highest BCUT2D eigenvalue weighted by Gasteiger charge is 2.37. The summed E-state index contributed by atoms with van der Waals surface area (Å²) in [5, 5.41) is 4.66. The summed E-state index contributed by atoms with van der Waals surface area (Å²) in [4.78, 5) is 125. The molecule has 28 nitrogen and oxygen atoms in total. The van der Waals surface area contributed by atoms with Gasteiger partial charge in [0, 0.05) is 61.6 Å². The van der Waals surface area contributed by atoms with Crippen LogP contribution in [0.2, 0.25) is 0 Å². The second-order valence-corrected chi connectivity index (χ2v) is 32.3. The molecule has 0 radical (unpaired) electrons. The molecule has 9 aliphatic rings. The topological polar surface area (TPSA) is 337 Å². The Morgan fingerprint density at radius 3 is 0.705 bits per heavy atom. The molecule has 139 heavy (non-hydrogen) atoms. The largest absolute Gasteiger partial charge is 0.494 e. The summed E-state index contributed by atoms with van der Waals surface area (Å²) >= 11 is 0. The van der Waals surface area contributed by atoms with Crippen LogP contribution in [-0.4, -0.2) is 145 Å². The molecule has 0 spiro atoms. The van der Waals surface area contributed by atoms with Crippen LogP contribution < -0.4 is 103 Å². The Hall–Kier alpha value is -16.8. The lowest BCUT2D eigenvalue weighted by Gasteiger charge is -2.11. The Kier molecular flexibility index (Phi) is 28.0. The zero-order chi connectivity index (χ0) is 96.2. The van der Waals surface area contributed by atoms with Crippen molar-refractivity contribution < 1.29 is 133 Å². The average molecular weight is 1870 g/mol. The van der Waals surface area contributed by atoms with Gasteiger partial charge in [-0.2, -0.15) is 0 Å². The van der Waals surface area contributed by atoms with E-state index in [4.69, 9.17) is 85.3 Å². The van der Waals surface area contributed by atoms with E-state index in [2.05, 4.69) is 0 Å². The van der Waals surface area contributed by atoms with Crippen LogP contribution in [0.1, 0.15) is 97.9 Å². The molecule has 1 fully saturated rings. The minimum Gasteiger partial charge on any atom is -0.494 e. The van der Waals surface area contributed by atoms with Crippen LogP contribution >= 0.6 is 0 Å². The quantitative estimate of drug-likeness (QED) is 0.0221. The second-order valence-electron chi connectivity index (χ2n) is 32.3. The van der Waals surface area contributed by atoms with Gasteiger partial charge in [-0.15, -0.1) is 0 Å². The van der Waals surface area contributed by atoms with Gasteiger partial charge in [-0.1, -0.05) is 166 Å². The van der Waals surface area contributed by atoms with E-state index in [0.29, 0.717) is 224 Å². The van der Waals surface area contributed by atoms with Crippen molar-refractivity contribution in [2.75, 3.05) is 79.3 Å². The first-order chi connectivity index (χ1) is 67.8. The minimum atomic E-state index is -0.518. The van der Waals surface area contributed by atoms with E-state index in [1.165, 1.54) is 0 Å². The molecule has 0 bridgehead atoms. The number of carbonyl (C=O) groups excluding carboxylic acids is 10. The Morgan fingerprint density at radius 1 is 0.266 bits per heavy atom. The molecule has 12 aromatic carbocycles. The molecule has 0 amide bonds. The van der Waals surface area contributed by atoms with Crippen molar-refractivity contribution in [1.29, 1.82) is 0 Å². The maximum atomic E-state index is 12.9. The van der Waals surface area contributed by atoms with Crippen molar-refractivity contribution in [3.63, 3.8) is 0 Å². The Morgan fingerprint density at radius 2 is 0.489 bits per heavy atom. The number of rotatable bonds is 31. The maximum Gasteiger partial charge on any atom is 0.344 e. The normalized spacial score (nSPS) is 14.9. The lowest BCUT2D eigenvalue weighted by molar-refractivity contribution is -0.148. The highest BCUT2D eigenvalue weighted by molar-refractivity contribution is 6.25. The number of benzene rings is 12. The van der Waals surface area contributed by atoms with Crippen LogP contribution in [-0.2, 0) is 71.6 Å². The molecule has 0 aliphatic carbocycles. The van der Waals surface area contributed by atoms with Gasteiger partial charge in [0.15, 0.2) is 13.2 Å². The first kappa shape index (κ1) is 92.6. The van der Waals surface area contributed by atoms with Crippen molar-refractivity contribution >= 4 is 104 Å². The standard InChI is InChI=1S/C31H28O9.C28H22O8.C27H20O6.C25H18O5/c1-3-13-36-21-9-5-19(6-10-21)28-23-16-26-24(17-25(23)39-30(28)33)29(31(34)40-26)20-7-11-22(12-8-20)38-18-27(32)37-15-14-35-4-2;1-2-32-12-13-33-24(29)16-34-19-10-8-18(9-11-19)26-21-15-22-20(14-23(21)36-28(26)31)25(27(30)35-22)17-6-4-3-5-7-17;28-26-24(16-5-2-1-3-6-16)20-13-23-21(14-22(20)32-26)25(27(29)33-23)17-8-10-18(11-9-17)31-15-19-7-4-12-30-19;1-2-12-28-17-10-8-16(9-11-17)23-19-14-20-18(13-21(19)30-25(23)27)22(24(26)29-20)15-6-4-3-5-7-15/h5-12,16-17H,3-4,13-15,18H2,1-2H3;3-11,14-15H,2,12-13,16H2,1H3;1-3,5-6,8-11,13-14,19H,4,7,12,15H2;3-11,13-14H,2,12H2,1H3. The fraction of sp³-hybridized carbons (Fsp3) is 0.189. The van der Waals surface area contributed by atoms with Crippen molar-refractivity contribution in [1.82, 2.24) is 0 Å². The predicted octanol–water partition coefficient (Wildman–Crippen LogP) is 9.74. The number of esters is 10. The molecule has 0 saturated carbocycles. The van der Waals surface area contributed by atoms with Gasteiger partial charge in [0.2, 0.25) is 0 Å². The molecular weight excluding hydrogens is 1780 g/mol. The second kappa shape index (κ2) is 42.0. The first-order valence-corrected chi connectivity index (χ1v) is 45.2. The summed E-state index contributed by atoms with van der Waals surface area (Å²) in [6.45, 7) is 11.9. The van der Waals surface area contributed by atoms with Gasteiger partial charge in [-0.25, -0.2) is 47.9 Å². The molecule has 1 atom stereocenters. The molecule has 9 heterocycles. The summed E-state index contributed by atoms with van der Waals surface area (Å²) in [7, 11) is 0. The highest BCUT2D eigenvalue weighted by atomic mass is 16.6. The zero-order valence-electron chi connectivity index (χ0n) is 75.6. The zero-order valence-corrected chi connectivity index (χ0v) is 75.6. The number of fused-ring (bicyclic) bond motifs is 8. The smallest absolute Gasteiger partial charge is 0.344 e. The molecule has 1 saturated heterocycles. The van der Waals surface area contributed by atoms with Crippen LogP contribution in [0.25, 0.3) is 44.6 Å². The molecule has 1 unspecified atom stereocenters. The van der Waals surface area contributed by atoms with E-state index in [1.54, 1.807) is 121 Å². The van der Waals surface area contributed by atoms with E-state index in [9.17, 15) is 47.9 Å². The molecule has 21 rings (SSSR count). The third-order valence-electron chi connectivity index (χ3n) is 23.1. The van der Waals surface area contributed by atoms with Gasteiger partial charge in [-0.3, -0.25) is 0 Å². The number of hydrogen-bond donors (Lipinski definition) is 0. The lowest BCUT2D eigenvalue weighted by atomic mass is 10.0. The maximum absolute atomic E-state index is 12.9. The minimum absolute atomic E-state index is 0.137. The van der Waals surface area contributed by atoms with E-state index >= 15 is 0 Å². The number of carbonyl (C=O) groups is 10. The fourth-order valence-corrected chi connectivity index (χ4v) is 16.6. The summed E-state index contributed by atoms with van der Waals surface area (Å²) in [5.41, 5.74) is 8.85. The molecule has 12 aromatic rings. The molecule has 0 aromatic heterocycles. The summed E-state index contributed by atoms with van der Waals surface area (Å²) in [6.07, 6.45) is 4.03. The Labute approximate surface area is 793 Å². The molecular formula is C111H88O28. The van der Waals surface area contributed by atoms with Crippen LogP contribution in [0, 0.1) is 0 Å². The third kappa shape index (κ3) is 20.3. The number of hydrogen-bond acceptors (Lipinski definition) is 28. The first-order valence-electron chi connectivity index (χ1n) is 45.2. The summed E-state index contributed by atoms with van der Waals surface area (Å²) in [5.74, 6) is 1.50. The fourth-order valence-electron chi connectivity index (χ4n) is 16.6. The molecule has 0 N–H and O–H groups in total. The van der Waals surface area contributed by atoms with E-state index < -0.39 is 59.7 Å². The van der Waals surface area contributed by atoms with Gasteiger partial charge in [0.25, 0.3) is 0 Å². The summed E-state index contributed by atoms with van der Waals surface area (Å²) in [6, 6.07) is 76.5. The van der Waals surface area contributed by atoms with E-state index in [1.807, 2.05) is 167 Å². The molecule has 28 heteroatoms. The number of ether oxygens (including phenoxy) is 18. The van der Waals surface area contributed by atoms with E-state index in [-0.39, 0.29) is 32.5 Å². The van der Waals surface area contributed by atoms with Gasteiger partial charge < -0.3 is 85.3 Å². The summed E-state index contributed by atoms with van der Waals surface area (Å²) < 4.78 is 98.2. The van der Waals surface area contributed by atoms with Crippen molar-refractivity contribution in [2.24, 2.45) is 0 Å². The van der Waals surface area contributed by atoms with Crippen LogP contribution in [0.4, 0.5) is 0 Å². The van der Waals surface area contributed by atoms with Crippen molar-refractivity contribution in [3.8, 4) is 74.7 Å². The SMILES string of the molecule is CCCOc1ccc(C2=c3cc4c(cc3OC2=O)=C(c2ccc(OCC(=O)OCCOCC)cc2)C(=O)O4)cc1.CCCOc1ccc(C2=c3cc4c(cc3OC2=O)=C(c2ccccc2)C(=O)O4)cc1.CCOCCOC(=O)COc1ccc(C2=c3cc4c(cc3OC2=O)=C(c2ccccc2)C(=O)O4)cc1.O=C1Oc2cc3c(cc2=C1c1ccccc1)OC(=O)C=3c1ccc(OCC2CCCO2)cc1. The van der Waals surface area contributed by atoms with Crippen molar-refractivity contribution in [3.05, 3.63) is 347 Å². The van der Waals surface area contributed by atoms with Gasteiger partial charge in [-0.05, 0) is 193 Å². The van der Waals surface area contributed by atoms with Crippen LogP contribution in [0.5, 0.6) is 74.7 Å². The monoisotopic (exact) mass is 1870 g/mol. The predicted molar refractivity (Wildman–Crippen MR) is 501 cm³/mol. The highest BCUT2D eigenvalue weighted by Crippen LogP contribution is 2.35. The average Bonchev–Trinajstić information content (AvgIpc) is 1.61. The van der Waals surface area contributed by atoms with Crippen molar-refractivity contribution in [2.45, 2.75) is 59.5 Å².